The van der Waals surface area contributed by atoms with Crippen molar-refractivity contribution in [2.24, 2.45) is 0 Å². The van der Waals surface area contributed by atoms with Crippen LogP contribution in [0.5, 0.6) is 0 Å². The third kappa shape index (κ3) is 11.1. The Morgan fingerprint density at radius 1 is 0.727 bits per heavy atom. The zero-order valence-electron chi connectivity index (χ0n) is 14.9. The molecule has 1 heterocycles. The minimum Gasteiger partial charge on any atom is -1.00 e. The maximum atomic E-state index is 2.36. The van der Waals surface area contributed by atoms with E-state index in [-0.39, 0.29) is 12.4 Å². The van der Waals surface area contributed by atoms with Crippen LogP contribution in [0.15, 0.2) is 18.7 Å². The predicted octanol–water partition coefficient (Wildman–Crippen LogP) is 2.50. The summed E-state index contributed by atoms with van der Waals surface area (Å²) in [6, 6.07) is 0. The molecule has 0 bridgehead atoms. The van der Waals surface area contributed by atoms with E-state index in [0.29, 0.717) is 0 Å². The van der Waals surface area contributed by atoms with Gasteiger partial charge in [0.2, 0.25) is 6.33 Å². The SMILES string of the molecule is CCCCCCCCn1cc[n+](CCCCCCCC)c1.[Cl-]. The van der Waals surface area contributed by atoms with Crippen molar-refractivity contribution in [2.45, 2.75) is 104 Å². The van der Waals surface area contributed by atoms with Gasteiger partial charge in [0.25, 0.3) is 0 Å². The van der Waals surface area contributed by atoms with Gasteiger partial charge in [0.15, 0.2) is 0 Å². The lowest BCUT2D eigenvalue weighted by molar-refractivity contribution is -0.696. The molecule has 130 valence electrons. The predicted molar refractivity (Wildman–Crippen MR) is 91.4 cm³/mol. The fourth-order valence-electron chi connectivity index (χ4n) is 2.85. The maximum Gasteiger partial charge on any atom is 0.243 e. The highest BCUT2D eigenvalue weighted by Crippen LogP contribution is 2.06. The molecular formula is C19H37ClN2. The highest BCUT2D eigenvalue weighted by atomic mass is 35.5. The Kier molecular flexibility index (Phi) is 15.0. The van der Waals surface area contributed by atoms with Crippen LogP contribution in [0.1, 0.15) is 90.9 Å². The fourth-order valence-corrected chi connectivity index (χ4v) is 2.85. The molecule has 0 radical (unpaired) electrons. The minimum absolute atomic E-state index is 0. The smallest absolute Gasteiger partial charge is 0.243 e. The Balaban J connectivity index is 0.00000441. The molecule has 0 aliphatic carbocycles. The molecule has 0 aliphatic rings. The van der Waals surface area contributed by atoms with E-state index in [1.807, 2.05) is 0 Å². The molecular weight excluding hydrogens is 292 g/mol. The highest BCUT2D eigenvalue weighted by molar-refractivity contribution is 4.66. The molecule has 0 saturated heterocycles. The van der Waals surface area contributed by atoms with Gasteiger partial charge in [0.1, 0.15) is 12.4 Å². The number of aromatic nitrogens is 2. The second-order valence-electron chi connectivity index (χ2n) is 6.42. The first-order chi connectivity index (χ1) is 10.4. The van der Waals surface area contributed by atoms with Gasteiger partial charge in [-0.1, -0.05) is 65.2 Å². The van der Waals surface area contributed by atoms with Gasteiger partial charge in [0, 0.05) is 0 Å². The Morgan fingerprint density at radius 2 is 1.27 bits per heavy atom. The van der Waals surface area contributed by atoms with Gasteiger partial charge in [-0.05, 0) is 25.7 Å². The standard InChI is InChI=1S/C19H37N2.ClH/c1-3-5-7-9-11-13-15-20-17-18-21(19-20)16-14-12-10-8-6-4-2;/h17-19H,3-16H2,1-2H3;1H/q+1;/p-1. The summed E-state index contributed by atoms with van der Waals surface area (Å²) in [4.78, 5) is 0. The largest absolute Gasteiger partial charge is 1.00 e. The normalized spacial score (nSPS) is 10.6. The van der Waals surface area contributed by atoms with Gasteiger partial charge in [0.05, 0.1) is 13.1 Å². The number of imidazole rings is 1. The maximum absolute atomic E-state index is 2.36. The first-order valence-electron chi connectivity index (χ1n) is 9.41. The summed E-state index contributed by atoms with van der Waals surface area (Å²) in [7, 11) is 0. The topological polar surface area (TPSA) is 8.81 Å². The first-order valence-corrected chi connectivity index (χ1v) is 9.41. The number of hydrogen-bond donors (Lipinski definition) is 0. The quantitative estimate of drug-likeness (QED) is 0.366. The Morgan fingerprint density at radius 3 is 1.91 bits per heavy atom. The van der Waals surface area contributed by atoms with E-state index in [1.54, 1.807) is 0 Å². The van der Waals surface area contributed by atoms with Crippen LogP contribution in [0.25, 0.3) is 0 Å². The molecule has 0 atom stereocenters. The molecule has 0 saturated carbocycles. The molecule has 0 fully saturated rings. The van der Waals surface area contributed by atoms with Crippen molar-refractivity contribution in [3.8, 4) is 0 Å². The molecule has 0 N–H and O–H groups in total. The summed E-state index contributed by atoms with van der Waals surface area (Å²) in [5.41, 5.74) is 0. The number of aryl methyl sites for hydroxylation is 2. The van der Waals surface area contributed by atoms with E-state index >= 15 is 0 Å². The average Bonchev–Trinajstić information content (AvgIpc) is 2.94. The molecule has 1 aromatic rings. The lowest BCUT2D eigenvalue weighted by atomic mass is 10.1. The summed E-state index contributed by atoms with van der Waals surface area (Å²) >= 11 is 0. The monoisotopic (exact) mass is 328 g/mol. The second kappa shape index (κ2) is 15.4. The molecule has 0 amide bonds. The molecule has 0 unspecified atom stereocenters. The average molecular weight is 329 g/mol. The second-order valence-corrected chi connectivity index (χ2v) is 6.42. The molecule has 0 aromatic carbocycles. The van der Waals surface area contributed by atoms with E-state index in [1.165, 1.54) is 90.1 Å². The third-order valence-electron chi connectivity index (χ3n) is 4.29. The lowest BCUT2D eigenvalue weighted by Gasteiger charge is -1.99. The van der Waals surface area contributed by atoms with Crippen molar-refractivity contribution < 1.29 is 17.0 Å². The fraction of sp³-hybridized carbons (Fsp3) is 0.842. The van der Waals surface area contributed by atoms with Gasteiger partial charge >= 0.3 is 0 Å². The molecule has 1 aromatic heterocycles. The van der Waals surface area contributed by atoms with Crippen LogP contribution in [0, 0.1) is 0 Å². The van der Waals surface area contributed by atoms with Crippen LogP contribution in [0.2, 0.25) is 0 Å². The zero-order valence-corrected chi connectivity index (χ0v) is 15.7. The van der Waals surface area contributed by atoms with Crippen molar-refractivity contribution in [1.29, 1.82) is 0 Å². The lowest BCUT2D eigenvalue weighted by Crippen LogP contribution is -3.00. The van der Waals surface area contributed by atoms with Crippen molar-refractivity contribution in [3.05, 3.63) is 18.7 Å². The third-order valence-corrected chi connectivity index (χ3v) is 4.29. The van der Waals surface area contributed by atoms with Gasteiger partial charge in [-0.2, -0.15) is 0 Å². The summed E-state index contributed by atoms with van der Waals surface area (Å²) in [5, 5.41) is 0. The zero-order chi connectivity index (χ0) is 15.2. The van der Waals surface area contributed by atoms with Gasteiger partial charge in [-0.15, -0.1) is 0 Å². The van der Waals surface area contributed by atoms with E-state index in [9.17, 15) is 0 Å². The Bertz CT molecular complexity index is 305. The van der Waals surface area contributed by atoms with Crippen LogP contribution in [0.3, 0.4) is 0 Å². The van der Waals surface area contributed by atoms with Crippen molar-refractivity contribution in [2.75, 3.05) is 0 Å². The van der Waals surface area contributed by atoms with Crippen molar-refractivity contribution >= 4 is 0 Å². The number of rotatable bonds is 14. The van der Waals surface area contributed by atoms with Crippen LogP contribution >= 0.6 is 0 Å². The first kappa shape index (κ1) is 21.5. The van der Waals surface area contributed by atoms with Crippen LogP contribution < -0.4 is 17.0 Å². The Hall–Kier alpha value is -0.500. The van der Waals surface area contributed by atoms with E-state index in [2.05, 4.69) is 41.7 Å². The van der Waals surface area contributed by atoms with E-state index in [0.717, 1.165) is 0 Å². The van der Waals surface area contributed by atoms with Crippen molar-refractivity contribution in [3.63, 3.8) is 0 Å². The summed E-state index contributed by atoms with van der Waals surface area (Å²) < 4.78 is 4.72. The number of unbranched alkanes of at least 4 members (excludes halogenated alkanes) is 10. The molecule has 22 heavy (non-hydrogen) atoms. The van der Waals surface area contributed by atoms with Crippen LogP contribution in [-0.4, -0.2) is 4.57 Å². The molecule has 3 heteroatoms. The van der Waals surface area contributed by atoms with Gasteiger partial charge in [-0.3, -0.25) is 0 Å². The summed E-state index contributed by atoms with van der Waals surface area (Å²) in [5.74, 6) is 0. The van der Waals surface area contributed by atoms with Crippen LogP contribution in [0.4, 0.5) is 0 Å². The molecule has 0 aliphatic heterocycles. The Labute approximate surface area is 144 Å². The van der Waals surface area contributed by atoms with Gasteiger partial charge < -0.3 is 12.4 Å². The van der Waals surface area contributed by atoms with Crippen LogP contribution in [-0.2, 0) is 13.1 Å². The van der Waals surface area contributed by atoms with Crippen molar-refractivity contribution in [1.82, 2.24) is 4.57 Å². The van der Waals surface area contributed by atoms with E-state index in [4.69, 9.17) is 0 Å². The molecule has 0 spiro atoms. The molecule has 2 nitrogen and oxygen atoms in total. The van der Waals surface area contributed by atoms with Gasteiger partial charge in [-0.25, -0.2) is 9.13 Å². The number of hydrogen-bond acceptors (Lipinski definition) is 0. The minimum atomic E-state index is 0. The summed E-state index contributed by atoms with van der Waals surface area (Å²) in [6.45, 7) is 6.94. The van der Waals surface area contributed by atoms with E-state index < -0.39 is 0 Å². The summed E-state index contributed by atoms with van der Waals surface area (Å²) in [6.07, 6.45) is 23.3. The number of nitrogens with zero attached hydrogens (tertiary/aromatic N) is 2. The molecule has 1 rings (SSSR count). The highest BCUT2D eigenvalue weighted by Gasteiger charge is 2.03. The number of halogens is 1.